The number of carbonyl (C=O) groups is 1. The van der Waals surface area contributed by atoms with E-state index in [1.807, 2.05) is 0 Å². The van der Waals surface area contributed by atoms with Crippen LogP contribution in [0.5, 0.6) is 11.5 Å². The summed E-state index contributed by atoms with van der Waals surface area (Å²) >= 11 is 5.54. The number of hydrogen-bond donors (Lipinski definition) is 0. The molecule has 0 saturated heterocycles. The van der Waals surface area contributed by atoms with Gasteiger partial charge in [0, 0.05) is 17.7 Å². The van der Waals surface area contributed by atoms with Crippen molar-refractivity contribution in [2.75, 3.05) is 0 Å². The van der Waals surface area contributed by atoms with Gasteiger partial charge in [0.15, 0.2) is 0 Å². The van der Waals surface area contributed by atoms with Gasteiger partial charge in [0.2, 0.25) is 5.75 Å². The van der Waals surface area contributed by atoms with Crippen LogP contribution < -0.4 is 4.74 Å². The van der Waals surface area contributed by atoms with Gasteiger partial charge in [-0.15, -0.1) is 0 Å². The fraction of sp³-hybridized carbons (Fsp3) is 0.0714. The highest BCUT2D eigenvalue weighted by molar-refractivity contribution is 6.31. The summed E-state index contributed by atoms with van der Waals surface area (Å²) in [6.07, 6.45) is -4.24. The van der Waals surface area contributed by atoms with Crippen molar-refractivity contribution in [3.63, 3.8) is 0 Å². The van der Waals surface area contributed by atoms with Crippen LogP contribution in [0.1, 0.15) is 15.9 Å². The van der Waals surface area contributed by atoms with Crippen LogP contribution in [0.4, 0.5) is 18.9 Å². The van der Waals surface area contributed by atoms with Gasteiger partial charge in [-0.2, -0.15) is 13.2 Å². The molecule has 0 radical (unpaired) electrons. The second kappa shape index (κ2) is 6.25. The number of halogens is 4. The molecule has 9 heteroatoms. The SMILES string of the molecule is O=Cc1ccc(Oc2cc(Cl)c(C(F)(F)F)cc2[N+](=O)[O-])cc1. The normalized spacial score (nSPS) is 11.1. The Hall–Kier alpha value is -2.61. The van der Waals surface area contributed by atoms with Crippen molar-refractivity contribution in [3.8, 4) is 11.5 Å². The van der Waals surface area contributed by atoms with Crippen LogP contribution in [0.25, 0.3) is 0 Å². The molecule has 0 N–H and O–H groups in total. The number of nitro benzene ring substituents is 1. The quantitative estimate of drug-likeness (QED) is 0.450. The molecule has 0 aliphatic heterocycles. The first kappa shape index (κ1) is 16.8. The minimum Gasteiger partial charge on any atom is -0.450 e. The van der Waals surface area contributed by atoms with Gasteiger partial charge < -0.3 is 4.74 Å². The average molecular weight is 346 g/mol. The lowest BCUT2D eigenvalue weighted by molar-refractivity contribution is -0.385. The number of hydrogen-bond acceptors (Lipinski definition) is 4. The second-order valence-corrected chi connectivity index (χ2v) is 4.75. The van der Waals surface area contributed by atoms with Gasteiger partial charge in [0.25, 0.3) is 0 Å². The van der Waals surface area contributed by atoms with Crippen molar-refractivity contribution >= 4 is 23.6 Å². The van der Waals surface area contributed by atoms with Gasteiger partial charge in [-0.25, -0.2) is 0 Å². The molecule has 5 nitrogen and oxygen atoms in total. The predicted octanol–water partition coefficient (Wildman–Crippen LogP) is 4.87. The molecule has 23 heavy (non-hydrogen) atoms. The molecule has 0 unspecified atom stereocenters. The van der Waals surface area contributed by atoms with E-state index in [1.54, 1.807) is 0 Å². The molecule has 0 aliphatic carbocycles. The maximum absolute atomic E-state index is 12.8. The summed E-state index contributed by atoms with van der Waals surface area (Å²) < 4.78 is 43.5. The lowest BCUT2D eigenvalue weighted by Crippen LogP contribution is -2.07. The summed E-state index contributed by atoms with van der Waals surface area (Å²) in [5, 5.41) is 10.3. The number of benzene rings is 2. The fourth-order valence-corrected chi connectivity index (χ4v) is 1.99. The molecule has 0 aliphatic rings. The molecule has 0 heterocycles. The van der Waals surface area contributed by atoms with Gasteiger partial charge in [0.05, 0.1) is 15.5 Å². The third kappa shape index (κ3) is 3.78. The molecule has 0 bridgehead atoms. The number of rotatable bonds is 4. The number of nitro groups is 1. The van der Waals surface area contributed by atoms with Gasteiger partial charge in [-0.05, 0) is 24.3 Å². The number of alkyl halides is 3. The van der Waals surface area contributed by atoms with E-state index in [2.05, 4.69) is 0 Å². The van der Waals surface area contributed by atoms with Crippen LogP contribution >= 0.6 is 11.6 Å². The molecule has 2 rings (SSSR count). The van der Waals surface area contributed by atoms with Crippen molar-refractivity contribution in [2.45, 2.75) is 6.18 Å². The average Bonchev–Trinajstić information content (AvgIpc) is 2.46. The van der Waals surface area contributed by atoms with Crippen LogP contribution in [-0.2, 0) is 6.18 Å². The highest BCUT2D eigenvalue weighted by atomic mass is 35.5. The van der Waals surface area contributed by atoms with E-state index in [-0.39, 0.29) is 5.75 Å². The number of aldehydes is 1. The van der Waals surface area contributed by atoms with Crippen molar-refractivity contribution < 1.29 is 27.6 Å². The number of nitrogens with zero attached hydrogens (tertiary/aromatic N) is 1. The van der Waals surface area contributed by atoms with E-state index >= 15 is 0 Å². The molecule has 0 amide bonds. The van der Waals surface area contributed by atoms with Crippen LogP contribution in [0.2, 0.25) is 5.02 Å². The minimum atomic E-state index is -4.83. The van der Waals surface area contributed by atoms with E-state index in [9.17, 15) is 28.1 Å². The van der Waals surface area contributed by atoms with E-state index in [4.69, 9.17) is 16.3 Å². The molecule has 0 atom stereocenters. The largest absolute Gasteiger partial charge is 0.450 e. The van der Waals surface area contributed by atoms with Crippen molar-refractivity contribution in [1.82, 2.24) is 0 Å². The number of carbonyl (C=O) groups excluding carboxylic acids is 1. The number of ether oxygens (including phenoxy) is 1. The standard InChI is InChI=1S/C14H7ClF3NO4/c15-11-6-13(23-9-3-1-8(7-20)2-4-9)12(19(21)22)5-10(11)14(16,17)18/h1-7H. The molecule has 2 aromatic carbocycles. The molecule has 0 fully saturated rings. The van der Waals surface area contributed by atoms with Gasteiger partial charge in [0.1, 0.15) is 12.0 Å². The Morgan fingerprint density at radius 1 is 1.17 bits per heavy atom. The zero-order valence-corrected chi connectivity index (χ0v) is 11.9. The van der Waals surface area contributed by atoms with E-state index in [0.717, 1.165) is 6.07 Å². The van der Waals surface area contributed by atoms with E-state index in [1.165, 1.54) is 24.3 Å². The second-order valence-electron chi connectivity index (χ2n) is 4.34. The summed E-state index contributed by atoms with van der Waals surface area (Å²) in [6.45, 7) is 0. The Labute approximate surface area is 132 Å². The van der Waals surface area contributed by atoms with E-state index in [0.29, 0.717) is 17.9 Å². The zero-order valence-electron chi connectivity index (χ0n) is 11.1. The smallest absolute Gasteiger partial charge is 0.418 e. The van der Waals surface area contributed by atoms with Crippen molar-refractivity contribution in [3.05, 3.63) is 62.7 Å². The molecule has 0 aromatic heterocycles. The molecule has 0 saturated carbocycles. The Morgan fingerprint density at radius 2 is 1.78 bits per heavy atom. The summed E-state index contributed by atoms with van der Waals surface area (Å²) in [4.78, 5) is 20.5. The molecule has 120 valence electrons. The third-order valence-electron chi connectivity index (χ3n) is 2.79. The summed E-state index contributed by atoms with van der Waals surface area (Å²) in [7, 11) is 0. The van der Waals surface area contributed by atoms with Gasteiger partial charge in [-0.1, -0.05) is 11.6 Å². The lowest BCUT2D eigenvalue weighted by atomic mass is 10.1. The van der Waals surface area contributed by atoms with Crippen LogP contribution in [0.15, 0.2) is 36.4 Å². The van der Waals surface area contributed by atoms with Gasteiger partial charge >= 0.3 is 11.9 Å². The Morgan fingerprint density at radius 3 is 2.26 bits per heavy atom. The molecule has 2 aromatic rings. The lowest BCUT2D eigenvalue weighted by Gasteiger charge is -2.12. The first-order valence-electron chi connectivity index (χ1n) is 6.00. The molecular formula is C14H7ClF3NO4. The Balaban J connectivity index is 2.46. The fourth-order valence-electron chi connectivity index (χ4n) is 1.73. The maximum atomic E-state index is 12.8. The molecular weight excluding hydrogens is 339 g/mol. The molecule has 0 spiro atoms. The van der Waals surface area contributed by atoms with Crippen molar-refractivity contribution in [1.29, 1.82) is 0 Å². The zero-order chi connectivity index (χ0) is 17.2. The Kier molecular flexibility index (Phi) is 4.55. The van der Waals surface area contributed by atoms with Crippen molar-refractivity contribution in [2.24, 2.45) is 0 Å². The highest BCUT2D eigenvalue weighted by Crippen LogP contribution is 2.42. The summed E-state index contributed by atoms with van der Waals surface area (Å²) in [5.74, 6) is -0.332. The van der Waals surface area contributed by atoms with Crippen LogP contribution in [-0.4, -0.2) is 11.2 Å². The monoisotopic (exact) mass is 345 g/mol. The first-order valence-corrected chi connectivity index (χ1v) is 6.38. The van der Waals surface area contributed by atoms with Crippen LogP contribution in [0.3, 0.4) is 0 Å². The third-order valence-corrected chi connectivity index (χ3v) is 3.11. The van der Waals surface area contributed by atoms with Gasteiger partial charge in [-0.3, -0.25) is 14.9 Å². The topological polar surface area (TPSA) is 69.4 Å². The Bertz CT molecular complexity index is 760. The predicted molar refractivity (Wildman–Crippen MR) is 75.0 cm³/mol. The van der Waals surface area contributed by atoms with Crippen LogP contribution in [0, 0.1) is 10.1 Å². The summed E-state index contributed by atoms with van der Waals surface area (Å²) in [6, 6.07) is 6.52. The maximum Gasteiger partial charge on any atom is 0.418 e. The van der Waals surface area contributed by atoms with E-state index < -0.39 is 33.1 Å². The first-order chi connectivity index (χ1) is 10.7. The highest BCUT2D eigenvalue weighted by Gasteiger charge is 2.36. The summed E-state index contributed by atoms with van der Waals surface area (Å²) in [5.41, 5.74) is -1.85. The minimum absolute atomic E-state index is 0.106.